The van der Waals surface area contributed by atoms with E-state index in [9.17, 15) is 14.0 Å². The third kappa shape index (κ3) is 3.09. The highest BCUT2D eigenvalue weighted by Crippen LogP contribution is 2.12. The van der Waals surface area contributed by atoms with Crippen molar-refractivity contribution in [1.82, 2.24) is 9.97 Å². The Morgan fingerprint density at radius 2 is 1.63 bits per heavy atom. The maximum atomic E-state index is 12.6. The number of carboxylic acids is 1. The van der Waals surface area contributed by atoms with E-state index in [2.05, 4.69) is 9.97 Å². The topological polar surface area (TPSA) is 89.4 Å². The smallest absolute Gasteiger partial charge is 0.363 e. The van der Waals surface area contributed by atoms with Gasteiger partial charge in [0, 0.05) is 0 Å². The lowest BCUT2D eigenvalue weighted by Crippen LogP contribution is -2.12. The molecule has 0 saturated heterocycles. The average molecular weight is 262 g/mol. The molecule has 1 heterocycles. The van der Waals surface area contributed by atoms with Gasteiger partial charge in [-0.15, -0.1) is 0 Å². The molecule has 0 aliphatic heterocycles. The van der Waals surface area contributed by atoms with E-state index in [0.717, 1.165) is 24.5 Å². The predicted octanol–water partition coefficient (Wildman–Crippen LogP) is 1.53. The molecular weight excluding hydrogens is 255 g/mol. The molecule has 1 aromatic heterocycles. The minimum atomic E-state index is -1.24. The quantitative estimate of drug-likeness (QED) is 0.666. The van der Waals surface area contributed by atoms with Gasteiger partial charge in [0.2, 0.25) is 0 Å². The number of ether oxygens (including phenoxy) is 1. The number of hydrogen-bond donors (Lipinski definition) is 1. The van der Waals surface area contributed by atoms with Gasteiger partial charge < -0.3 is 9.84 Å². The molecule has 0 saturated carbocycles. The van der Waals surface area contributed by atoms with Gasteiger partial charge in [-0.3, -0.25) is 0 Å². The minimum absolute atomic E-state index is 0.144. The Bertz CT molecular complexity index is 611. The third-order valence-electron chi connectivity index (χ3n) is 2.10. The van der Waals surface area contributed by atoms with E-state index in [-0.39, 0.29) is 17.1 Å². The van der Waals surface area contributed by atoms with Crippen molar-refractivity contribution in [1.29, 1.82) is 0 Å². The Hall–Kier alpha value is -2.83. The fourth-order valence-corrected chi connectivity index (χ4v) is 1.21. The highest BCUT2D eigenvalue weighted by Gasteiger charge is 2.12. The van der Waals surface area contributed by atoms with Crippen LogP contribution in [0.5, 0.6) is 5.75 Å². The van der Waals surface area contributed by atoms with E-state index in [0.29, 0.717) is 0 Å². The van der Waals surface area contributed by atoms with Crippen LogP contribution in [0.15, 0.2) is 36.7 Å². The first-order chi connectivity index (χ1) is 9.06. The van der Waals surface area contributed by atoms with Crippen LogP contribution in [0.3, 0.4) is 0 Å². The standard InChI is InChI=1S/C12H7FN2O4/c13-7-1-3-8(4-2-7)19-12(18)10-6-14-9(5-15-10)11(16)17/h1-6H,(H,16,17). The molecule has 0 spiro atoms. The Kier molecular flexibility index (Phi) is 3.46. The van der Waals surface area contributed by atoms with Gasteiger partial charge in [0.15, 0.2) is 11.4 Å². The number of carbonyl (C=O) groups is 2. The van der Waals surface area contributed by atoms with Crippen molar-refractivity contribution in [3.63, 3.8) is 0 Å². The molecule has 19 heavy (non-hydrogen) atoms. The number of hydrogen-bond acceptors (Lipinski definition) is 5. The van der Waals surface area contributed by atoms with Crippen molar-refractivity contribution in [2.45, 2.75) is 0 Å². The molecule has 2 aromatic rings. The van der Waals surface area contributed by atoms with Crippen molar-refractivity contribution >= 4 is 11.9 Å². The Labute approximate surface area is 106 Å². The van der Waals surface area contributed by atoms with Crippen LogP contribution >= 0.6 is 0 Å². The molecule has 0 radical (unpaired) electrons. The number of benzene rings is 1. The summed E-state index contributed by atoms with van der Waals surface area (Å²) in [4.78, 5) is 29.3. The van der Waals surface area contributed by atoms with Gasteiger partial charge in [-0.05, 0) is 24.3 Å². The van der Waals surface area contributed by atoms with Crippen LogP contribution in [0.4, 0.5) is 4.39 Å². The van der Waals surface area contributed by atoms with E-state index in [1.54, 1.807) is 0 Å². The zero-order valence-electron chi connectivity index (χ0n) is 9.41. The van der Waals surface area contributed by atoms with E-state index in [1.165, 1.54) is 12.1 Å². The number of rotatable bonds is 3. The maximum Gasteiger partial charge on any atom is 0.363 e. The zero-order valence-corrected chi connectivity index (χ0v) is 9.41. The molecule has 1 N–H and O–H groups in total. The summed E-state index contributed by atoms with van der Waals surface area (Å²) in [7, 11) is 0. The second kappa shape index (κ2) is 5.21. The number of nitrogens with zero attached hydrogens (tertiary/aromatic N) is 2. The highest BCUT2D eigenvalue weighted by atomic mass is 19.1. The summed E-state index contributed by atoms with van der Waals surface area (Å²) in [6.45, 7) is 0. The first-order valence-corrected chi connectivity index (χ1v) is 5.09. The average Bonchev–Trinajstić information content (AvgIpc) is 2.41. The van der Waals surface area contributed by atoms with Crippen LogP contribution < -0.4 is 4.74 Å². The molecule has 7 heteroatoms. The summed E-state index contributed by atoms with van der Waals surface area (Å²) in [6, 6.07) is 4.85. The molecule has 0 aliphatic rings. The molecule has 0 amide bonds. The van der Waals surface area contributed by atoms with Crippen LogP contribution in [0.25, 0.3) is 0 Å². The van der Waals surface area contributed by atoms with Crippen molar-refractivity contribution in [2.24, 2.45) is 0 Å². The lowest BCUT2D eigenvalue weighted by molar-refractivity contribution is 0.0682. The minimum Gasteiger partial charge on any atom is -0.476 e. The highest BCUT2D eigenvalue weighted by molar-refractivity contribution is 5.90. The summed E-state index contributed by atoms with van der Waals surface area (Å²) in [5.74, 6) is -2.36. The van der Waals surface area contributed by atoms with Gasteiger partial charge >= 0.3 is 11.9 Å². The molecule has 96 valence electrons. The lowest BCUT2D eigenvalue weighted by atomic mass is 10.3. The third-order valence-corrected chi connectivity index (χ3v) is 2.10. The molecule has 1 aromatic carbocycles. The van der Waals surface area contributed by atoms with Gasteiger partial charge in [0.25, 0.3) is 0 Å². The summed E-state index contributed by atoms with van der Waals surface area (Å²) < 4.78 is 17.5. The van der Waals surface area contributed by atoms with Gasteiger partial charge in [-0.25, -0.2) is 23.9 Å². The Morgan fingerprint density at radius 3 is 2.16 bits per heavy atom. The van der Waals surface area contributed by atoms with Gasteiger partial charge in [0.05, 0.1) is 12.4 Å². The molecule has 0 atom stereocenters. The molecule has 0 aliphatic carbocycles. The van der Waals surface area contributed by atoms with E-state index in [4.69, 9.17) is 9.84 Å². The summed E-state index contributed by atoms with van der Waals surface area (Å²) in [6.07, 6.45) is 1.94. The Balaban J connectivity index is 2.11. The second-order valence-corrected chi connectivity index (χ2v) is 3.44. The first kappa shape index (κ1) is 12.6. The summed E-state index contributed by atoms with van der Waals surface area (Å²) in [5.41, 5.74) is -0.423. The number of aromatic carboxylic acids is 1. The first-order valence-electron chi connectivity index (χ1n) is 5.09. The fraction of sp³-hybridized carbons (Fsp3) is 0. The number of carboxylic acid groups (broad SMARTS) is 1. The normalized spacial score (nSPS) is 9.95. The second-order valence-electron chi connectivity index (χ2n) is 3.44. The zero-order chi connectivity index (χ0) is 13.8. The van der Waals surface area contributed by atoms with Crippen molar-refractivity contribution in [3.05, 3.63) is 53.9 Å². The molecule has 0 fully saturated rings. The predicted molar refractivity (Wildman–Crippen MR) is 60.3 cm³/mol. The summed E-state index contributed by atoms with van der Waals surface area (Å²) >= 11 is 0. The van der Waals surface area contributed by atoms with E-state index in [1.807, 2.05) is 0 Å². The van der Waals surface area contributed by atoms with Crippen molar-refractivity contribution in [3.8, 4) is 5.75 Å². The van der Waals surface area contributed by atoms with Crippen LogP contribution in [-0.4, -0.2) is 27.0 Å². The Morgan fingerprint density at radius 1 is 1.05 bits per heavy atom. The van der Waals surface area contributed by atoms with E-state index < -0.39 is 17.8 Å². The van der Waals surface area contributed by atoms with Crippen LogP contribution in [0.1, 0.15) is 21.0 Å². The number of esters is 1. The maximum absolute atomic E-state index is 12.6. The molecule has 6 nitrogen and oxygen atoms in total. The monoisotopic (exact) mass is 262 g/mol. The van der Waals surface area contributed by atoms with Gasteiger partial charge in [0.1, 0.15) is 11.6 Å². The molecule has 0 bridgehead atoms. The fourth-order valence-electron chi connectivity index (χ4n) is 1.21. The van der Waals surface area contributed by atoms with Crippen LogP contribution in [0, 0.1) is 5.82 Å². The number of halogens is 1. The van der Waals surface area contributed by atoms with Crippen LogP contribution in [-0.2, 0) is 0 Å². The number of aromatic nitrogens is 2. The van der Waals surface area contributed by atoms with Gasteiger partial charge in [-0.2, -0.15) is 0 Å². The lowest BCUT2D eigenvalue weighted by Gasteiger charge is -2.03. The van der Waals surface area contributed by atoms with E-state index >= 15 is 0 Å². The van der Waals surface area contributed by atoms with Crippen LogP contribution in [0.2, 0.25) is 0 Å². The SMILES string of the molecule is O=C(O)c1cnc(C(=O)Oc2ccc(F)cc2)cn1. The number of carbonyl (C=O) groups excluding carboxylic acids is 1. The molecule has 2 rings (SSSR count). The van der Waals surface area contributed by atoms with Crippen molar-refractivity contribution in [2.75, 3.05) is 0 Å². The molecule has 0 unspecified atom stereocenters. The van der Waals surface area contributed by atoms with Crippen molar-refractivity contribution < 1.29 is 23.8 Å². The molecular formula is C12H7FN2O4. The summed E-state index contributed by atoms with van der Waals surface area (Å²) in [5, 5.41) is 8.62. The largest absolute Gasteiger partial charge is 0.476 e. The van der Waals surface area contributed by atoms with Gasteiger partial charge in [-0.1, -0.05) is 0 Å².